The van der Waals surface area contributed by atoms with Gasteiger partial charge in [0.2, 0.25) is 0 Å². The molecule has 0 saturated heterocycles. The zero-order chi connectivity index (χ0) is 13.1. The van der Waals surface area contributed by atoms with Gasteiger partial charge in [0.05, 0.1) is 5.92 Å². The van der Waals surface area contributed by atoms with Gasteiger partial charge in [0, 0.05) is 16.0 Å². The molecule has 0 aromatic heterocycles. The number of hydrogen-bond donors (Lipinski definition) is 1. The van der Waals surface area contributed by atoms with Crippen LogP contribution in [0.4, 0.5) is 0 Å². The van der Waals surface area contributed by atoms with Crippen molar-refractivity contribution in [1.29, 1.82) is 0 Å². The molecule has 2 nitrogen and oxygen atoms in total. The van der Waals surface area contributed by atoms with E-state index in [2.05, 4.69) is 0 Å². The maximum atomic E-state index is 11.4. The van der Waals surface area contributed by atoms with E-state index >= 15 is 0 Å². The van der Waals surface area contributed by atoms with Gasteiger partial charge in [-0.25, -0.2) is 0 Å². The van der Waals surface area contributed by atoms with Gasteiger partial charge in [0.25, 0.3) is 0 Å². The van der Waals surface area contributed by atoms with Crippen LogP contribution in [-0.4, -0.2) is 11.1 Å². The maximum Gasteiger partial charge on any atom is 0.307 e. The fraction of sp³-hybridized carbons (Fsp3) is 0.500. The molecule has 2 atom stereocenters. The van der Waals surface area contributed by atoms with Crippen molar-refractivity contribution >= 4 is 29.2 Å². The lowest BCUT2D eigenvalue weighted by atomic mass is 9.82. The molecule has 0 bridgehead atoms. The highest BCUT2D eigenvalue weighted by Crippen LogP contribution is 2.42. The Morgan fingerprint density at radius 1 is 1.11 bits per heavy atom. The van der Waals surface area contributed by atoms with Crippen molar-refractivity contribution < 1.29 is 9.90 Å². The van der Waals surface area contributed by atoms with Gasteiger partial charge in [-0.1, -0.05) is 48.5 Å². The molecule has 0 heterocycles. The highest BCUT2D eigenvalue weighted by atomic mass is 35.5. The van der Waals surface area contributed by atoms with E-state index in [1.54, 1.807) is 18.2 Å². The van der Waals surface area contributed by atoms with Gasteiger partial charge in [-0.05, 0) is 30.5 Å². The van der Waals surface area contributed by atoms with Crippen molar-refractivity contribution in [3.63, 3.8) is 0 Å². The van der Waals surface area contributed by atoms with Crippen LogP contribution in [-0.2, 0) is 4.79 Å². The summed E-state index contributed by atoms with van der Waals surface area (Å²) in [5.74, 6) is -1.17. The van der Waals surface area contributed by atoms with E-state index in [1.165, 1.54) is 0 Å². The van der Waals surface area contributed by atoms with Crippen LogP contribution in [0.25, 0.3) is 0 Å². The van der Waals surface area contributed by atoms with Gasteiger partial charge < -0.3 is 5.11 Å². The van der Waals surface area contributed by atoms with Crippen LogP contribution in [0, 0.1) is 5.92 Å². The lowest BCUT2D eigenvalue weighted by Crippen LogP contribution is -2.21. The predicted molar refractivity (Wildman–Crippen MR) is 73.4 cm³/mol. The molecule has 1 aromatic rings. The Labute approximate surface area is 117 Å². The van der Waals surface area contributed by atoms with E-state index < -0.39 is 5.97 Å². The van der Waals surface area contributed by atoms with Gasteiger partial charge in [0.1, 0.15) is 0 Å². The molecule has 1 N–H and O–H groups in total. The fourth-order valence-electron chi connectivity index (χ4n) is 2.81. The molecule has 2 unspecified atom stereocenters. The van der Waals surface area contributed by atoms with Crippen LogP contribution in [0.1, 0.15) is 43.6 Å². The van der Waals surface area contributed by atoms with E-state index in [1.807, 2.05) is 0 Å². The smallest absolute Gasteiger partial charge is 0.307 e. The quantitative estimate of drug-likeness (QED) is 0.797. The zero-order valence-corrected chi connectivity index (χ0v) is 11.5. The molecule has 1 fully saturated rings. The highest BCUT2D eigenvalue weighted by Gasteiger charge is 2.32. The summed E-state index contributed by atoms with van der Waals surface area (Å²) < 4.78 is 0. The van der Waals surface area contributed by atoms with Gasteiger partial charge in [-0.3, -0.25) is 4.79 Å². The summed E-state index contributed by atoms with van der Waals surface area (Å²) in [6, 6.07) is 5.36. The molecular formula is C14H16Cl2O2. The monoisotopic (exact) mass is 286 g/mol. The topological polar surface area (TPSA) is 37.3 Å². The standard InChI is InChI=1S/C14H16Cl2O2/c15-11-7-4-8-12(16)13(11)9-5-2-1-3-6-10(9)14(17)18/h4,7-10H,1-3,5-6H2,(H,17,18). The normalized spacial score (nSPS) is 24.6. The number of carboxylic acids is 1. The molecule has 98 valence electrons. The van der Waals surface area contributed by atoms with E-state index in [4.69, 9.17) is 23.2 Å². The first-order valence-corrected chi connectivity index (χ1v) is 7.03. The minimum Gasteiger partial charge on any atom is -0.481 e. The number of hydrogen-bond acceptors (Lipinski definition) is 1. The second-order valence-electron chi connectivity index (χ2n) is 4.82. The first kappa shape index (κ1) is 13.7. The molecule has 18 heavy (non-hydrogen) atoms. The van der Waals surface area contributed by atoms with Crippen LogP contribution >= 0.6 is 23.2 Å². The van der Waals surface area contributed by atoms with Crippen molar-refractivity contribution in [2.75, 3.05) is 0 Å². The molecule has 0 aliphatic heterocycles. The number of benzene rings is 1. The molecule has 4 heteroatoms. The number of rotatable bonds is 2. The Morgan fingerprint density at radius 3 is 2.33 bits per heavy atom. The Hall–Kier alpha value is -0.730. The second-order valence-corrected chi connectivity index (χ2v) is 5.64. The molecule has 2 rings (SSSR count). The third kappa shape index (κ3) is 2.81. The summed E-state index contributed by atoms with van der Waals surface area (Å²) in [4.78, 5) is 11.4. The zero-order valence-electron chi connectivity index (χ0n) is 10.0. The van der Waals surface area contributed by atoms with Crippen molar-refractivity contribution in [3.05, 3.63) is 33.8 Å². The summed E-state index contributed by atoms with van der Waals surface area (Å²) >= 11 is 12.4. The second kappa shape index (κ2) is 5.94. The molecule has 1 aliphatic rings. The summed E-state index contributed by atoms with van der Waals surface area (Å²) in [5, 5.41) is 10.6. The van der Waals surface area contributed by atoms with Crippen molar-refractivity contribution in [2.24, 2.45) is 5.92 Å². The molecule has 0 amide bonds. The van der Waals surface area contributed by atoms with Gasteiger partial charge in [0.15, 0.2) is 0 Å². The minimum absolute atomic E-state index is 0.0637. The van der Waals surface area contributed by atoms with Crippen LogP contribution in [0.5, 0.6) is 0 Å². The molecular weight excluding hydrogens is 271 g/mol. The van der Waals surface area contributed by atoms with E-state index in [-0.39, 0.29) is 11.8 Å². The molecule has 1 aliphatic carbocycles. The number of carbonyl (C=O) groups is 1. The number of carboxylic acid groups (broad SMARTS) is 1. The Morgan fingerprint density at radius 2 is 1.72 bits per heavy atom. The van der Waals surface area contributed by atoms with E-state index in [0.29, 0.717) is 16.5 Å². The average Bonchev–Trinajstić information content (AvgIpc) is 2.54. The lowest BCUT2D eigenvalue weighted by Gasteiger charge is -2.24. The highest BCUT2D eigenvalue weighted by molar-refractivity contribution is 6.36. The Balaban J connectivity index is 2.41. The lowest BCUT2D eigenvalue weighted by molar-refractivity contribution is -0.142. The molecule has 0 spiro atoms. The number of halogens is 2. The molecule has 0 radical (unpaired) electrons. The van der Waals surface area contributed by atoms with Gasteiger partial charge in [-0.2, -0.15) is 0 Å². The summed E-state index contributed by atoms with van der Waals surface area (Å²) in [5.41, 5.74) is 0.815. The van der Waals surface area contributed by atoms with Crippen LogP contribution in [0.2, 0.25) is 10.0 Å². The molecule has 1 saturated carbocycles. The van der Waals surface area contributed by atoms with Crippen LogP contribution < -0.4 is 0 Å². The van der Waals surface area contributed by atoms with Crippen LogP contribution in [0.15, 0.2) is 18.2 Å². The van der Waals surface area contributed by atoms with Gasteiger partial charge >= 0.3 is 5.97 Å². The summed E-state index contributed by atoms with van der Waals surface area (Å²) in [7, 11) is 0. The van der Waals surface area contributed by atoms with E-state index in [0.717, 1.165) is 31.2 Å². The van der Waals surface area contributed by atoms with E-state index in [9.17, 15) is 9.90 Å². The number of aliphatic carboxylic acids is 1. The van der Waals surface area contributed by atoms with Gasteiger partial charge in [-0.15, -0.1) is 0 Å². The summed E-state index contributed by atoms with van der Waals surface area (Å²) in [6.07, 6.45) is 4.65. The first-order valence-electron chi connectivity index (χ1n) is 6.28. The first-order chi connectivity index (χ1) is 8.61. The Kier molecular flexibility index (Phi) is 4.52. The average molecular weight is 287 g/mol. The van der Waals surface area contributed by atoms with Crippen molar-refractivity contribution in [2.45, 2.75) is 38.0 Å². The van der Waals surface area contributed by atoms with Crippen molar-refractivity contribution in [1.82, 2.24) is 0 Å². The summed E-state index contributed by atoms with van der Waals surface area (Å²) in [6.45, 7) is 0. The fourth-order valence-corrected chi connectivity index (χ4v) is 3.49. The SMILES string of the molecule is O=C(O)C1CCCCCC1c1c(Cl)cccc1Cl. The largest absolute Gasteiger partial charge is 0.481 e. The molecule has 1 aromatic carbocycles. The van der Waals surface area contributed by atoms with Crippen molar-refractivity contribution in [3.8, 4) is 0 Å². The maximum absolute atomic E-state index is 11.4. The van der Waals surface area contributed by atoms with Crippen LogP contribution in [0.3, 0.4) is 0 Å². The third-order valence-corrected chi connectivity index (χ3v) is 4.36. The predicted octanol–water partition coefficient (Wildman–Crippen LogP) is 4.74. The Bertz CT molecular complexity index is 425. The third-order valence-electron chi connectivity index (χ3n) is 3.70. The minimum atomic E-state index is -0.738.